The SMILES string of the molecule is O=C(CN1CCC(CCO)C1)c1cc(F)ccc1F. The van der Waals surface area contributed by atoms with Crippen molar-refractivity contribution in [3.8, 4) is 0 Å². The van der Waals surface area contributed by atoms with Gasteiger partial charge < -0.3 is 5.11 Å². The van der Waals surface area contributed by atoms with Crippen molar-refractivity contribution >= 4 is 5.78 Å². The van der Waals surface area contributed by atoms with Gasteiger partial charge >= 0.3 is 0 Å². The van der Waals surface area contributed by atoms with E-state index in [0.29, 0.717) is 5.92 Å². The van der Waals surface area contributed by atoms with Gasteiger partial charge in [0.25, 0.3) is 0 Å². The quantitative estimate of drug-likeness (QED) is 0.829. The van der Waals surface area contributed by atoms with Gasteiger partial charge in [-0.2, -0.15) is 0 Å². The van der Waals surface area contributed by atoms with Gasteiger partial charge in [-0.15, -0.1) is 0 Å². The molecule has 0 radical (unpaired) electrons. The Bertz CT molecular complexity index is 465. The predicted molar refractivity (Wildman–Crippen MR) is 66.9 cm³/mol. The Kier molecular flexibility index (Phi) is 4.61. The van der Waals surface area contributed by atoms with Gasteiger partial charge in [-0.25, -0.2) is 8.78 Å². The number of halogens is 2. The summed E-state index contributed by atoms with van der Waals surface area (Å²) in [6.45, 7) is 1.73. The molecule has 0 amide bonds. The minimum Gasteiger partial charge on any atom is -0.396 e. The monoisotopic (exact) mass is 269 g/mol. The number of ketones is 1. The number of nitrogens with zero attached hydrogens (tertiary/aromatic N) is 1. The van der Waals surface area contributed by atoms with Crippen molar-refractivity contribution in [3.05, 3.63) is 35.4 Å². The number of Topliss-reactive ketones (excluding diaryl/α,β-unsaturated/α-hetero) is 1. The number of carbonyl (C=O) groups excluding carboxylic acids is 1. The molecule has 5 heteroatoms. The highest BCUT2D eigenvalue weighted by Crippen LogP contribution is 2.20. The van der Waals surface area contributed by atoms with Gasteiger partial charge in [-0.1, -0.05) is 0 Å². The summed E-state index contributed by atoms with van der Waals surface area (Å²) in [5, 5.41) is 8.86. The molecule has 1 atom stereocenters. The van der Waals surface area contributed by atoms with E-state index in [1.54, 1.807) is 0 Å². The number of hydrogen-bond donors (Lipinski definition) is 1. The molecule has 1 saturated heterocycles. The van der Waals surface area contributed by atoms with Crippen LogP contribution >= 0.6 is 0 Å². The summed E-state index contributed by atoms with van der Waals surface area (Å²) >= 11 is 0. The van der Waals surface area contributed by atoms with E-state index < -0.39 is 17.4 Å². The smallest absolute Gasteiger partial charge is 0.179 e. The molecule has 104 valence electrons. The van der Waals surface area contributed by atoms with Crippen LogP contribution in [0.1, 0.15) is 23.2 Å². The third-order valence-corrected chi connectivity index (χ3v) is 3.50. The Hall–Kier alpha value is -1.33. The molecular formula is C14H17F2NO2. The van der Waals surface area contributed by atoms with Gasteiger partial charge in [0.15, 0.2) is 5.78 Å². The largest absolute Gasteiger partial charge is 0.396 e. The molecule has 0 bridgehead atoms. The first-order valence-electron chi connectivity index (χ1n) is 6.41. The highest BCUT2D eigenvalue weighted by atomic mass is 19.1. The highest BCUT2D eigenvalue weighted by molar-refractivity contribution is 5.97. The van der Waals surface area contributed by atoms with Crippen molar-refractivity contribution in [1.82, 2.24) is 4.90 Å². The minimum atomic E-state index is -0.683. The van der Waals surface area contributed by atoms with Crippen LogP contribution in [0, 0.1) is 17.6 Å². The average Bonchev–Trinajstić information content (AvgIpc) is 2.80. The number of benzene rings is 1. The second kappa shape index (κ2) is 6.21. The molecule has 1 unspecified atom stereocenters. The van der Waals surface area contributed by atoms with E-state index in [4.69, 9.17) is 5.11 Å². The maximum Gasteiger partial charge on any atom is 0.179 e. The maximum atomic E-state index is 13.5. The minimum absolute atomic E-state index is 0.0995. The lowest BCUT2D eigenvalue weighted by molar-refractivity contribution is 0.0938. The van der Waals surface area contributed by atoms with Crippen LogP contribution in [-0.4, -0.2) is 42.0 Å². The van der Waals surface area contributed by atoms with Gasteiger partial charge in [-0.3, -0.25) is 9.69 Å². The number of likely N-dealkylation sites (tertiary alicyclic amines) is 1. The van der Waals surface area contributed by atoms with Crippen LogP contribution < -0.4 is 0 Å². The van der Waals surface area contributed by atoms with Crippen LogP contribution in [0.15, 0.2) is 18.2 Å². The summed E-state index contributed by atoms with van der Waals surface area (Å²) in [6.07, 6.45) is 1.65. The van der Waals surface area contributed by atoms with E-state index in [1.165, 1.54) is 0 Å². The molecule has 0 spiro atoms. The van der Waals surface area contributed by atoms with E-state index >= 15 is 0 Å². The van der Waals surface area contributed by atoms with E-state index in [0.717, 1.165) is 44.1 Å². The number of rotatable bonds is 5. The molecule has 1 aromatic rings. The molecule has 2 rings (SSSR count). The van der Waals surface area contributed by atoms with E-state index in [2.05, 4.69) is 0 Å². The predicted octanol–water partition coefficient (Wildman–Crippen LogP) is 1.85. The maximum absolute atomic E-state index is 13.5. The van der Waals surface area contributed by atoms with E-state index in [9.17, 15) is 13.6 Å². The number of aliphatic hydroxyl groups is 1. The Balaban J connectivity index is 1.96. The Morgan fingerprint density at radius 1 is 1.42 bits per heavy atom. The molecule has 0 aromatic heterocycles. The second-order valence-corrected chi connectivity index (χ2v) is 4.95. The molecular weight excluding hydrogens is 252 g/mol. The third kappa shape index (κ3) is 3.58. The van der Waals surface area contributed by atoms with Crippen molar-refractivity contribution in [3.63, 3.8) is 0 Å². The van der Waals surface area contributed by atoms with Crippen LogP contribution in [-0.2, 0) is 0 Å². The zero-order valence-corrected chi connectivity index (χ0v) is 10.6. The van der Waals surface area contributed by atoms with Gasteiger partial charge in [0.2, 0.25) is 0 Å². The summed E-state index contributed by atoms with van der Waals surface area (Å²) in [4.78, 5) is 13.9. The molecule has 1 heterocycles. The van der Waals surface area contributed by atoms with Gasteiger partial charge in [-0.05, 0) is 43.5 Å². The van der Waals surface area contributed by atoms with Crippen molar-refractivity contribution in [2.45, 2.75) is 12.8 Å². The van der Waals surface area contributed by atoms with E-state index in [-0.39, 0.29) is 18.7 Å². The van der Waals surface area contributed by atoms with Crippen LogP contribution in [0.25, 0.3) is 0 Å². The Labute approximate surface area is 110 Å². The molecule has 1 aliphatic heterocycles. The highest BCUT2D eigenvalue weighted by Gasteiger charge is 2.24. The standard InChI is InChI=1S/C14H17F2NO2/c15-11-1-2-13(16)12(7-11)14(19)9-17-5-3-10(8-17)4-6-18/h1-2,7,10,18H,3-6,8-9H2. The van der Waals surface area contributed by atoms with Crippen molar-refractivity contribution in [2.24, 2.45) is 5.92 Å². The van der Waals surface area contributed by atoms with Crippen molar-refractivity contribution in [2.75, 3.05) is 26.2 Å². The number of aliphatic hydroxyl groups excluding tert-OH is 1. The summed E-state index contributed by atoms with van der Waals surface area (Å²) in [7, 11) is 0. The van der Waals surface area contributed by atoms with Crippen LogP contribution in [0.4, 0.5) is 8.78 Å². The molecule has 1 aliphatic rings. The fraction of sp³-hybridized carbons (Fsp3) is 0.500. The topological polar surface area (TPSA) is 40.5 Å². The molecule has 1 aromatic carbocycles. The lowest BCUT2D eigenvalue weighted by Crippen LogP contribution is -2.28. The average molecular weight is 269 g/mol. The normalized spacial score (nSPS) is 19.8. The molecule has 1 N–H and O–H groups in total. The summed E-state index contributed by atoms with van der Waals surface area (Å²) in [5.74, 6) is -1.31. The molecule has 1 fully saturated rings. The molecule has 19 heavy (non-hydrogen) atoms. The Morgan fingerprint density at radius 3 is 2.95 bits per heavy atom. The third-order valence-electron chi connectivity index (χ3n) is 3.50. The molecule has 0 saturated carbocycles. The fourth-order valence-corrected chi connectivity index (χ4v) is 2.47. The van der Waals surface area contributed by atoms with Gasteiger partial charge in [0.1, 0.15) is 11.6 Å². The first-order valence-corrected chi connectivity index (χ1v) is 6.41. The van der Waals surface area contributed by atoms with E-state index in [1.807, 2.05) is 4.90 Å². The first kappa shape index (κ1) is 14.1. The van der Waals surface area contributed by atoms with Gasteiger partial charge in [0, 0.05) is 13.2 Å². The van der Waals surface area contributed by atoms with Crippen molar-refractivity contribution < 1.29 is 18.7 Å². The summed E-state index contributed by atoms with van der Waals surface area (Å²) in [6, 6.07) is 2.92. The zero-order chi connectivity index (χ0) is 13.8. The van der Waals surface area contributed by atoms with Crippen LogP contribution in [0.5, 0.6) is 0 Å². The molecule has 0 aliphatic carbocycles. The molecule has 3 nitrogen and oxygen atoms in total. The second-order valence-electron chi connectivity index (χ2n) is 4.95. The van der Waals surface area contributed by atoms with Gasteiger partial charge in [0.05, 0.1) is 12.1 Å². The lowest BCUT2D eigenvalue weighted by atomic mass is 10.1. The first-order chi connectivity index (χ1) is 9.10. The summed E-state index contributed by atoms with van der Waals surface area (Å²) < 4.78 is 26.5. The van der Waals surface area contributed by atoms with Crippen molar-refractivity contribution in [1.29, 1.82) is 0 Å². The lowest BCUT2D eigenvalue weighted by Gasteiger charge is -2.15. The van der Waals surface area contributed by atoms with Crippen LogP contribution in [0.2, 0.25) is 0 Å². The fourth-order valence-electron chi connectivity index (χ4n) is 2.47. The number of hydrogen-bond acceptors (Lipinski definition) is 3. The zero-order valence-electron chi connectivity index (χ0n) is 10.6. The number of carbonyl (C=O) groups is 1. The Morgan fingerprint density at radius 2 is 2.21 bits per heavy atom. The summed E-state index contributed by atoms with van der Waals surface area (Å²) in [5.41, 5.74) is -0.189. The van der Waals surface area contributed by atoms with Crippen LogP contribution in [0.3, 0.4) is 0 Å².